The van der Waals surface area contributed by atoms with Crippen LogP contribution in [0.4, 0.5) is 40.8 Å². The van der Waals surface area contributed by atoms with Crippen molar-refractivity contribution in [2.75, 3.05) is 18.0 Å². The predicted molar refractivity (Wildman–Crippen MR) is 102 cm³/mol. The van der Waals surface area contributed by atoms with E-state index in [0.717, 1.165) is 0 Å². The lowest BCUT2D eigenvalue weighted by atomic mass is 9.97. The second-order valence-corrected chi connectivity index (χ2v) is 7.63. The zero-order valence-corrected chi connectivity index (χ0v) is 17.0. The minimum absolute atomic E-state index is 0.0405. The summed E-state index contributed by atoms with van der Waals surface area (Å²) in [5, 5.41) is 1.68. The highest BCUT2D eigenvalue weighted by molar-refractivity contribution is 6.04. The molecule has 3 N–H and O–H groups in total. The number of hydrogen-bond donors (Lipinski definition) is 2. The Kier molecular flexibility index (Phi) is 6.55. The summed E-state index contributed by atoms with van der Waals surface area (Å²) in [6, 6.07) is -1.15. The number of carbonyl (C=O) groups is 1. The molecule has 0 spiro atoms. The lowest BCUT2D eigenvalue weighted by molar-refractivity contribution is -0.149. The lowest BCUT2D eigenvalue weighted by Crippen LogP contribution is -2.43. The van der Waals surface area contributed by atoms with Crippen molar-refractivity contribution in [3.63, 3.8) is 0 Å². The van der Waals surface area contributed by atoms with Gasteiger partial charge >= 0.3 is 12.4 Å². The summed E-state index contributed by atoms with van der Waals surface area (Å²) in [5.41, 5.74) is 1.80. The first-order valence-electron chi connectivity index (χ1n) is 9.63. The zero-order valence-electron chi connectivity index (χ0n) is 17.0. The molecule has 33 heavy (non-hydrogen) atoms. The fourth-order valence-electron chi connectivity index (χ4n) is 3.53. The van der Waals surface area contributed by atoms with Crippen molar-refractivity contribution in [1.82, 2.24) is 10.3 Å². The van der Waals surface area contributed by atoms with Gasteiger partial charge in [-0.15, -0.1) is 0 Å². The third-order valence-electron chi connectivity index (χ3n) is 5.10. The first-order chi connectivity index (χ1) is 15.2. The van der Waals surface area contributed by atoms with Crippen LogP contribution in [0.2, 0.25) is 0 Å². The molecule has 1 aromatic heterocycles. The number of pyridine rings is 1. The number of alkyl halides is 6. The van der Waals surface area contributed by atoms with Gasteiger partial charge in [0.25, 0.3) is 5.91 Å². The summed E-state index contributed by atoms with van der Waals surface area (Å²) >= 11 is 0. The van der Waals surface area contributed by atoms with Crippen LogP contribution in [0.25, 0.3) is 11.1 Å². The van der Waals surface area contributed by atoms with Crippen molar-refractivity contribution in [1.29, 1.82) is 0 Å². The number of rotatable bonds is 4. The molecule has 1 amide bonds. The van der Waals surface area contributed by atoms with Crippen molar-refractivity contribution in [2.45, 2.75) is 37.8 Å². The Balaban J connectivity index is 2.30. The van der Waals surface area contributed by atoms with Gasteiger partial charge in [0.05, 0.1) is 11.3 Å². The standard InChI is InChI=1S/C20H18F8N4O/c1-9(19(23,24)25)31-18(33)14-7-30-17(20(26,27)28)15(10-4-11(21)6-12(22)5-10)16(14)32-3-2-13(29)8-32/h4-7,9,13H,2-3,8,29H2,1H3,(H,31,33)/t9-,13-/m0/s1. The smallest absolute Gasteiger partial charge is 0.369 e. The Morgan fingerprint density at radius 3 is 2.24 bits per heavy atom. The van der Waals surface area contributed by atoms with Crippen LogP contribution >= 0.6 is 0 Å². The third-order valence-corrected chi connectivity index (χ3v) is 5.10. The van der Waals surface area contributed by atoms with Crippen molar-refractivity contribution in [3.05, 3.63) is 47.3 Å². The molecular weight excluding hydrogens is 464 g/mol. The Morgan fingerprint density at radius 1 is 1.15 bits per heavy atom. The number of aromatic nitrogens is 1. The van der Waals surface area contributed by atoms with Crippen LogP contribution in [0.15, 0.2) is 24.4 Å². The van der Waals surface area contributed by atoms with Crippen molar-refractivity contribution < 1.29 is 39.9 Å². The molecule has 5 nitrogen and oxygen atoms in total. The molecule has 1 fully saturated rings. The number of anilines is 1. The van der Waals surface area contributed by atoms with Crippen LogP contribution in [-0.4, -0.2) is 42.2 Å². The molecule has 3 rings (SSSR count). The predicted octanol–water partition coefficient (Wildman–Crippen LogP) is 4.26. The zero-order chi connectivity index (χ0) is 24.7. The first kappa shape index (κ1) is 24.7. The number of hydrogen-bond acceptors (Lipinski definition) is 4. The summed E-state index contributed by atoms with van der Waals surface area (Å²) in [6.45, 7) is 0.674. The highest BCUT2D eigenvalue weighted by Gasteiger charge is 2.41. The summed E-state index contributed by atoms with van der Waals surface area (Å²) in [4.78, 5) is 17.2. The second-order valence-electron chi connectivity index (χ2n) is 7.63. The highest BCUT2D eigenvalue weighted by atomic mass is 19.4. The molecule has 1 aliphatic rings. The maximum absolute atomic E-state index is 13.9. The maximum atomic E-state index is 13.9. The van der Waals surface area contributed by atoms with Crippen LogP contribution in [0, 0.1) is 11.6 Å². The molecule has 2 aromatic rings. The van der Waals surface area contributed by atoms with Gasteiger partial charge < -0.3 is 16.0 Å². The van der Waals surface area contributed by atoms with E-state index >= 15 is 0 Å². The fraction of sp³-hybridized carbons (Fsp3) is 0.400. The summed E-state index contributed by atoms with van der Waals surface area (Å²) in [5.74, 6) is -3.74. The van der Waals surface area contributed by atoms with Crippen molar-refractivity contribution >= 4 is 11.6 Å². The maximum Gasteiger partial charge on any atom is 0.434 e. The van der Waals surface area contributed by atoms with E-state index in [4.69, 9.17) is 5.73 Å². The molecule has 0 unspecified atom stereocenters. The van der Waals surface area contributed by atoms with E-state index in [0.29, 0.717) is 37.7 Å². The Morgan fingerprint density at radius 2 is 1.76 bits per heavy atom. The third kappa shape index (κ3) is 5.34. The van der Waals surface area contributed by atoms with Gasteiger partial charge in [-0.3, -0.25) is 9.78 Å². The average molecular weight is 482 g/mol. The van der Waals surface area contributed by atoms with E-state index in [1.54, 1.807) is 5.32 Å². The van der Waals surface area contributed by atoms with Gasteiger partial charge in [-0.1, -0.05) is 0 Å². The minimum Gasteiger partial charge on any atom is -0.369 e. The van der Waals surface area contributed by atoms with Crippen LogP contribution in [0.3, 0.4) is 0 Å². The molecule has 2 heterocycles. The molecule has 0 bridgehead atoms. The van der Waals surface area contributed by atoms with Gasteiger partial charge in [0, 0.05) is 37.0 Å². The van der Waals surface area contributed by atoms with E-state index in [9.17, 15) is 39.9 Å². The fourth-order valence-corrected chi connectivity index (χ4v) is 3.53. The summed E-state index contributed by atoms with van der Waals surface area (Å²) < 4.78 is 108. The molecule has 1 aliphatic heterocycles. The number of carbonyl (C=O) groups excluding carboxylic acids is 1. The van der Waals surface area contributed by atoms with Gasteiger partial charge in [0.1, 0.15) is 17.7 Å². The molecule has 0 saturated carbocycles. The Labute approximate surface area is 182 Å². The number of amides is 1. The van der Waals surface area contributed by atoms with Crippen LogP contribution in [0.5, 0.6) is 0 Å². The number of nitrogens with two attached hydrogens (primary N) is 1. The molecule has 0 aliphatic carbocycles. The minimum atomic E-state index is -5.11. The average Bonchev–Trinajstić information content (AvgIpc) is 3.10. The molecule has 2 atom stereocenters. The van der Waals surface area contributed by atoms with Crippen LogP contribution in [-0.2, 0) is 6.18 Å². The largest absolute Gasteiger partial charge is 0.434 e. The molecule has 1 aromatic carbocycles. The highest BCUT2D eigenvalue weighted by Crippen LogP contribution is 2.44. The first-order valence-corrected chi connectivity index (χ1v) is 9.63. The van der Waals surface area contributed by atoms with E-state index in [-0.39, 0.29) is 13.1 Å². The monoisotopic (exact) mass is 482 g/mol. The van der Waals surface area contributed by atoms with E-state index in [2.05, 4.69) is 4.98 Å². The van der Waals surface area contributed by atoms with Crippen molar-refractivity contribution in [3.8, 4) is 11.1 Å². The van der Waals surface area contributed by atoms with Gasteiger partial charge in [-0.25, -0.2) is 8.78 Å². The van der Waals surface area contributed by atoms with Crippen LogP contribution < -0.4 is 16.0 Å². The van der Waals surface area contributed by atoms with E-state index in [1.807, 2.05) is 0 Å². The molecule has 1 saturated heterocycles. The van der Waals surface area contributed by atoms with E-state index in [1.165, 1.54) is 4.90 Å². The number of nitrogens with one attached hydrogen (secondary N) is 1. The lowest BCUT2D eigenvalue weighted by Gasteiger charge is -2.27. The molecule has 13 heteroatoms. The molecule has 180 valence electrons. The van der Waals surface area contributed by atoms with Gasteiger partial charge in [-0.2, -0.15) is 26.3 Å². The second kappa shape index (κ2) is 8.76. The topological polar surface area (TPSA) is 71.2 Å². The van der Waals surface area contributed by atoms with E-state index < -0.39 is 70.0 Å². The Hall–Kier alpha value is -2.96. The number of halogens is 8. The number of benzene rings is 1. The van der Waals surface area contributed by atoms with Crippen molar-refractivity contribution in [2.24, 2.45) is 5.73 Å². The summed E-state index contributed by atoms with van der Waals surface area (Å²) in [7, 11) is 0. The normalized spacial score (nSPS) is 17.9. The Bertz CT molecular complexity index is 1030. The van der Waals surface area contributed by atoms with Gasteiger partial charge in [-0.05, 0) is 31.0 Å². The van der Waals surface area contributed by atoms with Crippen LogP contribution in [0.1, 0.15) is 29.4 Å². The summed E-state index contributed by atoms with van der Waals surface area (Å²) in [6.07, 6.45) is -9.12. The van der Waals surface area contributed by atoms with Gasteiger partial charge in [0.15, 0.2) is 5.69 Å². The molecule has 0 radical (unpaired) electrons. The quantitative estimate of drug-likeness (QED) is 0.639. The SMILES string of the molecule is C[C@H](NC(=O)c1cnc(C(F)(F)F)c(-c2cc(F)cc(F)c2)c1N1CC[C@H](N)C1)C(F)(F)F. The van der Waals surface area contributed by atoms with Gasteiger partial charge in [0.2, 0.25) is 0 Å². The molecular formula is C20H18F8N4O. The number of nitrogens with zero attached hydrogens (tertiary/aromatic N) is 2.